The van der Waals surface area contributed by atoms with Gasteiger partial charge in [-0.3, -0.25) is 24.6 Å². The second-order valence-corrected chi connectivity index (χ2v) is 7.83. The number of nitrogens with one attached hydrogen (secondary N) is 1. The van der Waals surface area contributed by atoms with E-state index in [9.17, 15) is 24.8 Å². The van der Waals surface area contributed by atoms with Crippen LogP contribution in [0.1, 0.15) is 29.5 Å². The molecule has 0 unspecified atom stereocenters. The predicted molar refractivity (Wildman–Crippen MR) is 109 cm³/mol. The van der Waals surface area contributed by atoms with Crippen molar-refractivity contribution in [2.75, 3.05) is 18.4 Å². The molecule has 1 aliphatic rings. The molecule has 1 fully saturated rings. The van der Waals surface area contributed by atoms with Gasteiger partial charge in [0.25, 0.3) is 5.69 Å². The first kappa shape index (κ1) is 20.6. The van der Waals surface area contributed by atoms with Gasteiger partial charge in [0.2, 0.25) is 5.91 Å². The highest BCUT2D eigenvalue weighted by molar-refractivity contribution is 7.16. The molecule has 0 radical (unpaired) electrons. The fourth-order valence-electron chi connectivity index (χ4n) is 3.07. The lowest BCUT2D eigenvalue weighted by molar-refractivity contribution is -0.384. The van der Waals surface area contributed by atoms with Gasteiger partial charge in [0.1, 0.15) is 0 Å². The van der Waals surface area contributed by atoms with Gasteiger partial charge in [0, 0.05) is 37.0 Å². The first-order valence-corrected chi connectivity index (χ1v) is 9.78. The third-order valence-electron chi connectivity index (χ3n) is 4.54. The smallest absolute Gasteiger partial charge is 0.307 e. The molecule has 2 aromatic rings. The Kier molecular flexibility index (Phi) is 6.35. The number of thiazole rings is 1. The van der Waals surface area contributed by atoms with Crippen LogP contribution in [0.4, 0.5) is 10.8 Å². The Morgan fingerprint density at radius 3 is 2.69 bits per heavy atom. The van der Waals surface area contributed by atoms with Crippen molar-refractivity contribution in [1.82, 2.24) is 9.88 Å². The lowest BCUT2D eigenvalue weighted by Gasteiger charge is -2.14. The molecule has 29 heavy (non-hydrogen) atoms. The van der Waals surface area contributed by atoms with Crippen LogP contribution >= 0.6 is 11.3 Å². The highest BCUT2D eigenvalue weighted by Gasteiger charge is 2.28. The Morgan fingerprint density at radius 2 is 2.10 bits per heavy atom. The third kappa shape index (κ3) is 5.46. The molecule has 152 valence electrons. The number of anilines is 1. The van der Waals surface area contributed by atoms with Crippen molar-refractivity contribution in [3.63, 3.8) is 0 Å². The van der Waals surface area contributed by atoms with Crippen molar-refractivity contribution in [3.05, 3.63) is 50.5 Å². The summed E-state index contributed by atoms with van der Waals surface area (Å²) in [4.78, 5) is 40.3. The van der Waals surface area contributed by atoms with Crippen molar-refractivity contribution in [2.24, 2.45) is 5.92 Å². The number of rotatable bonds is 7. The van der Waals surface area contributed by atoms with Crippen LogP contribution in [0.15, 0.2) is 24.3 Å². The molecule has 1 amide bonds. The van der Waals surface area contributed by atoms with Crippen molar-refractivity contribution in [3.8, 4) is 0 Å². The van der Waals surface area contributed by atoms with Gasteiger partial charge in [-0.05, 0) is 36.7 Å². The maximum atomic E-state index is 11.4. The molecule has 3 rings (SSSR count). The number of carbonyl (C=O) groups is 2. The molecule has 1 aromatic heterocycles. The number of hydrogen-bond acceptors (Lipinski definition) is 7. The van der Waals surface area contributed by atoms with Gasteiger partial charge < -0.3 is 10.4 Å². The maximum Gasteiger partial charge on any atom is 0.307 e. The fourth-order valence-corrected chi connectivity index (χ4v) is 4.11. The minimum absolute atomic E-state index is 0.0199. The second-order valence-electron chi connectivity index (χ2n) is 6.75. The topological polar surface area (TPSA) is 126 Å². The maximum absolute atomic E-state index is 11.4. The van der Waals surface area contributed by atoms with E-state index in [0.717, 1.165) is 10.4 Å². The van der Waals surface area contributed by atoms with E-state index in [0.29, 0.717) is 36.9 Å². The number of aliphatic carboxylic acids is 1. The highest BCUT2D eigenvalue weighted by Crippen LogP contribution is 2.28. The van der Waals surface area contributed by atoms with Crippen molar-refractivity contribution in [1.29, 1.82) is 0 Å². The van der Waals surface area contributed by atoms with E-state index in [-0.39, 0.29) is 17.5 Å². The Hall–Kier alpha value is -3.11. The second kappa shape index (κ2) is 8.93. The number of nitrogens with zero attached hydrogens (tertiary/aromatic N) is 3. The Bertz CT molecular complexity index is 954. The molecule has 1 saturated heterocycles. The molecular weight excluding hydrogens is 396 g/mol. The van der Waals surface area contributed by atoms with Crippen LogP contribution in [0.3, 0.4) is 0 Å². The van der Waals surface area contributed by atoms with E-state index in [1.807, 2.05) is 0 Å². The first-order valence-electron chi connectivity index (χ1n) is 8.97. The number of amides is 1. The number of nitro groups is 1. The lowest BCUT2D eigenvalue weighted by atomic mass is 10.1. The average Bonchev–Trinajstić information content (AvgIpc) is 3.27. The van der Waals surface area contributed by atoms with Crippen molar-refractivity contribution in [2.45, 2.75) is 19.9 Å². The molecule has 9 nitrogen and oxygen atoms in total. The number of aromatic nitrogens is 1. The zero-order chi connectivity index (χ0) is 21.0. The largest absolute Gasteiger partial charge is 0.481 e. The number of hydrogen-bond donors (Lipinski definition) is 2. The number of non-ortho nitro benzene ring substituents is 1. The molecule has 0 aliphatic carbocycles. The van der Waals surface area contributed by atoms with Crippen LogP contribution in [-0.4, -0.2) is 44.9 Å². The summed E-state index contributed by atoms with van der Waals surface area (Å²) in [7, 11) is 0. The SMILES string of the molecule is CC(=O)Nc1nc(/C=C\c2ccc([N+](=O)[O-])cc2)c(CN2CC[C@@H](C(=O)O)C2)s1. The Morgan fingerprint density at radius 1 is 1.38 bits per heavy atom. The van der Waals surface area contributed by atoms with Crippen LogP contribution in [0.2, 0.25) is 0 Å². The van der Waals surface area contributed by atoms with E-state index in [1.54, 1.807) is 24.3 Å². The predicted octanol–water partition coefficient (Wildman–Crippen LogP) is 3.09. The van der Waals surface area contributed by atoms with Gasteiger partial charge in [0.05, 0.1) is 16.5 Å². The Labute approximate surface area is 170 Å². The van der Waals surface area contributed by atoms with Gasteiger partial charge >= 0.3 is 5.97 Å². The van der Waals surface area contributed by atoms with Crippen molar-refractivity contribution >= 4 is 46.2 Å². The number of benzene rings is 1. The monoisotopic (exact) mass is 416 g/mol. The number of carboxylic acids is 1. The summed E-state index contributed by atoms with van der Waals surface area (Å²) in [6.07, 6.45) is 4.20. The molecule has 1 aliphatic heterocycles. The zero-order valence-corrected chi connectivity index (χ0v) is 16.5. The van der Waals surface area contributed by atoms with Gasteiger partial charge in [0.15, 0.2) is 5.13 Å². The van der Waals surface area contributed by atoms with Gasteiger partial charge in [-0.25, -0.2) is 4.98 Å². The molecule has 1 atom stereocenters. The summed E-state index contributed by atoms with van der Waals surface area (Å²) < 4.78 is 0. The summed E-state index contributed by atoms with van der Waals surface area (Å²) in [6.45, 7) is 3.12. The van der Waals surface area contributed by atoms with Gasteiger partial charge in [-0.1, -0.05) is 17.4 Å². The van der Waals surface area contributed by atoms with E-state index >= 15 is 0 Å². The number of nitro benzene ring substituents is 1. The summed E-state index contributed by atoms with van der Waals surface area (Å²) in [5, 5.41) is 23.1. The van der Waals surface area contributed by atoms with Crippen LogP contribution in [0, 0.1) is 16.0 Å². The lowest BCUT2D eigenvalue weighted by Crippen LogP contribution is -2.22. The van der Waals surface area contributed by atoms with Gasteiger partial charge in [-0.15, -0.1) is 0 Å². The number of likely N-dealkylation sites (tertiary alicyclic amines) is 1. The van der Waals surface area contributed by atoms with E-state index in [1.165, 1.54) is 30.4 Å². The Balaban J connectivity index is 1.78. The number of carboxylic acid groups (broad SMARTS) is 1. The molecular formula is C19H20N4O5S. The van der Waals surface area contributed by atoms with E-state index < -0.39 is 10.9 Å². The molecule has 0 bridgehead atoms. The normalized spacial score (nSPS) is 16.9. The third-order valence-corrected chi connectivity index (χ3v) is 5.51. The quantitative estimate of drug-likeness (QED) is 0.525. The van der Waals surface area contributed by atoms with Crippen LogP contribution in [0.25, 0.3) is 12.2 Å². The highest BCUT2D eigenvalue weighted by atomic mass is 32.1. The first-order chi connectivity index (χ1) is 13.8. The van der Waals surface area contributed by atoms with Crippen LogP contribution in [0.5, 0.6) is 0 Å². The molecule has 2 heterocycles. The van der Waals surface area contributed by atoms with E-state index in [2.05, 4.69) is 15.2 Å². The fraction of sp³-hybridized carbons (Fsp3) is 0.316. The van der Waals surface area contributed by atoms with Crippen molar-refractivity contribution < 1.29 is 19.6 Å². The van der Waals surface area contributed by atoms with Gasteiger partial charge in [-0.2, -0.15) is 0 Å². The molecule has 0 saturated carbocycles. The van der Waals surface area contributed by atoms with Crippen LogP contribution in [-0.2, 0) is 16.1 Å². The summed E-state index contributed by atoms with van der Waals surface area (Å²) in [5.41, 5.74) is 1.48. The summed E-state index contributed by atoms with van der Waals surface area (Å²) in [5.74, 6) is -1.37. The molecule has 1 aromatic carbocycles. The van der Waals surface area contributed by atoms with E-state index in [4.69, 9.17) is 0 Å². The summed E-state index contributed by atoms with van der Waals surface area (Å²) >= 11 is 1.35. The summed E-state index contributed by atoms with van der Waals surface area (Å²) in [6, 6.07) is 6.15. The minimum atomic E-state index is -0.783. The van der Waals surface area contributed by atoms with Crippen LogP contribution < -0.4 is 5.32 Å². The average molecular weight is 416 g/mol. The molecule has 0 spiro atoms. The molecule has 2 N–H and O–H groups in total. The standard InChI is InChI=1S/C19H20N4O5S/c1-12(24)20-19-21-16(7-4-13-2-5-15(6-3-13)23(27)28)17(29-19)11-22-9-8-14(10-22)18(25)26/h2-7,14H,8-11H2,1H3,(H,25,26)(H,20,21,24)/b7-4-/t14-/m1/s1. The number of carbonyl (C=O) groups excluding carboxylic acids is 1. The zero-order valence-electron chi connectivity index (χ0n) is 15.7. The molecule has 10 heteroatoms. The minimum Gasteiger partial charge on any atom is -0.481 e.